The number of nitrogens with one attached hydrogen (secondary N) is 1. The summed E-state index contributed by atoms with van der Waals surface area (Å²) >= 11 is 7.61. The second-order valence-corrected chi connectivity index (χ2v) is 10.0. The summed E-state index contributed by atoms with van der Waals surface area (Å²) in [5, 5.41) is 3.83. The van der Waals surface area contributed by atoms with E-state index in [4.69, 9.17) is 11.6 Å². The average Bonchev–Trinajstić information content (AvgIpc) is 2.80. The summed E-state index contributed by atoms with van der Waals surface area (Å²) in [5.41, 5.74) is 3.42. The number of thioether (sulfide) groups is 1. The van der Waals surface area contributed by atoms with Crippen molar-refractivity contribution in [3.8, 4) is 0 Å². The third-order valence-corrected chi connectivity index (χ3v) is 7.35. The van der Waals surface area contributed by atoms with Crippen molar-refractivity contribution in [3.63, 3.8) is 0 Å². The molecule has 0 saturated heterocycles. The largest absolute Gasteiger partial charge is 0.352 e. The first-order valence-corrected chi connectivity index (χ1v) is 12.9. The fourth-order valence-electron chi connectivity index (χ4n) is 4.04. The Hall–Kier alpha value is -1.98. The fourth-order valence-corrected chi connectivity index (χ4v) is 5.15. The summed E-state index contributed by atoms with van der Waals surface area (Å²) in [5.74, 6) is 1.02. The predicted molar refractivity (Wildman–Crippen MR) is 134 cm³/mol. The minimum atomic E-state index is -0.529. The molecule has 2 aromatic rings. The molecule has 1 fully saturated rings. The van der Waals surface area contributed by atoms with E-state index in [-0.39, 0.29) is 17.9 Å². The number of halogens is 1. The van der Waals surface area contributed by atoms with E-state index < -0.39 is 6.04 Å². The van der Waals surface area contributed by atoms with Gasteiger partial charge in [0.2, 0.25) is 11.8 Å². The number of nitrogens with zero attached hydrogens (tertiary/aromatic N) is 1. The number of hydrogen-bond acceptors (Lipinski definition) is 3. The van der Waals surface area contributed by atoms with Crippen molar-refractivity contribution in [2.24, 2.45) is 0 Å². The number of aryl methyl sites for hydroxylation is 1. The van der Waals surface area contributed by atoms with E-state index in [1.54, 1.807) is 16.7 Å². The molecule has 1 aliphatic rings. The van der Waals surface area contributed by atoms with Gasteiger partial charge < -0.3 is 10.2 Å². The SMILES string of the molecule is Cc1ccccc1CSCC(=O)N(Cc1ccc(Cl)cc1)[C@@H](C)C(=O)NC1CCCCC1. The van der Waals surface area contributed by atoms with Gasteiger partial charge in [0.05, 0.1) is 5.75 Å². The van der Waals surface area contributed by atoms with Crippen molar-refractivity contribution in [2.45, 2.75) is 70.3 Å². The number of hydrogen-bond donors (Lipinski definition) is 1. The van der Waals surface area contributed by atoms with Crippen molar-refractivity contribution in [2.75, 3.05) is 5.75 Å². The molecule has 32 heavy (non-hydrogen) atoms. The van der Waals surface area contributed by atoms with Gasteiger partial charge >= 0.3 is 0 Å². The van der Waals surface area contributed by atoms with Gasteiger partial charge in [-0.05, 0) is 55.5 Å². The molecule has 0 radical (unpaired) electrons. The highest BCUT2D eigenvalue weighted by Gasteiger charge is 2.28. The molecular formula is C26H33ClN2O2S. The Morgan fingerprint density at radius 1 is 1.09 bits per heavy atom. The molecule has 172 valence electrons. The number of carbonyl (C=O) groups excluding carboxylic acids is 2. The van der Waals surface area contributed by atoms with Crippen LogP contribution in [-0.4, -0.2) is 34.6 Å². The van der Waals surface area contributed by atoms with Crippen LogP contribution in [-0.2, 0) is 21.9 Å². The highest BCUT2D eigenvalue weighted by Crippen LogP contribution is 2.20. The van der Waals surface area contributed by atoms with Crippen molar-refractivity contribution in [3.05, 3.63) is 70.2 Å². The number of carbonyl (C=O) groups is 2. The molecule has 0 heterocycles. The zero-order valence-corrected chi connectivity index (χ0v) is 20.6. The first kappa shape index (κ1) is 24.7. The molecule has 1 N–H and O–H groups in total. The Bertz CT molecular complexity index is 897. The van der Waals surface area contributed by atoms with Crippen LogP contribution < -0.4 is 5.32 Å². The van der Waals surface area contributed by atoms with Crippen molar-refractivity contribution in [1.29, 1.82) is 0 Å². The molecule has 0 spiro atoms. The Morgan fingerprint density at radius 3 is 2.47 bits per heavy atom. The van der Waals surface area contributed by atoms with Crippen molar-refractivity contribution < 1.29 is 9.59 Å². The zero-order valence-electron chi connectivity index (χ0n) is 19.0. The summed E-state index contributed by atoms with van der Waals surface area (Å²) < 4.78 is 0. The lowest BCUT2D eigenvalue weighted by Gasteiger charge is -2.31. The lowest BCUT2D eigenvalue weighted by molar-refractivity contribution is -0.139. The summed E-state index contributed by atoms with van der Waals surface area (Å²) in [7, 11) is 0. The monoisotopic (exact) mass is 472 g/mol. The quantitative estimate of drug-likeness (QED) is 0.505. The first-order chi connectivity index (χ1) is 15.4. The molecule has 1 atom stereocenters. The van der Waals surface area contributed by atoms with Gasteiger partial charge in [-0.2, -0.15) is 0 Å². The Kier molecular flexibility index (Phi) is 9.49. The van der Waals surface area contributed by atoms with Crippen LogP contribution in [0.2, 0.25) is 5.02 Å². The van der Waals surface area contributed by atoms with Gasteiger partial charge in [-0.25, -0.2) is 0 Å². The van der Waals surface area contributed by atoms with E-state index in [0.717, 1.165) is 37.0 Å². The Labute approximate surface area is 201 Å². The summed E-state index contributed by atoms with van der Waals surface area (Å²) in [6.07, 6.45) is 5.59. The number of amides is 2. The minimum absolute atomic E-state index is 0.0233. The highest BCUT2D eigenvalue weighted by molar-refractivity contribution is 7.99. The minimum Gasteiger partial charge on any atom is -0.352 e. The molecule has 4 nitrogen and oxygen atoms in total. The zero-order chi connectivity index (χ0) is 22.9. The summed E-state index contributed by atoms with van der Waals surface area (Å²) in [6.45, 7) is 4.31. The molecular weight excluding hydrogens is 440 g/mol. The maximum Gasteiger partial charge on any atom is 0.242 e. The van der Waals surface area contributed by atoms with E-state index in [2.05, 4.69) is 24.4 Å². The highest BCUT2D eigenvalue weighted by atomic mass is 35.5. The van der Waals surface area contributed by atoms with Crippen LogP contribution in [0.5, 0.6) is 0 Å². The van der Waals surface area contributed by atoms with Gasteiger partial charge in [0.15, 0.2) is 0 Å². The molecule has 3 rings (SSSR count). The molecule has 0 unspecified atom stereocenters. The van der Waals surface area contributed by atoms with Gasteiger partial charge in [0, 0.05) is 23.4 Å². The Morgan fingerprint density at radius 2 is 1.78 bits per heavy atom. The second-order valence-electron chi connectivity index (χ2n) is 8.59. The predicted octanol–water partition coefficient (Wildman–Crippen LogP) is 5.75. The lowest BCUT2D eigenvalue weighted by atomic mass is 9.95. The molecule has 0 aliphatic heterocycles. The van der Waals surface area contributed by atoms with E-state index >= 15 is 0 Å². The van der Waals surface area contributed by atoms with Gasteiger partial charge in [0.25, 0.3) is 0 Å². The Balaban J connectivity index is 1.65. The molecule has 0 bridgehead atoms. The van der Waals surface area contributed by atoms with Crippen LogP contribution in [0, 0.1) is 6.92 Å². The second kappa shape index (κ2) is 12.3. The maximum atomic E-state index is 13.2. The number of rotatable bonds is 9. The van der Waals surface area contributed by atoms with Crippen LogP contribution in [0.3, 0.4) is 0 Å². The standard InChI is InChI=1S/C26H33ClN2O2S/c1-19-8-6-7-9-22(19)17-32-18-25(30)29(16-21-12-14-23(27)15-13-21)20(2)26(31)28-24-10-4-3-5-11-24/h6-9,12-15,20,24H,3-5,10-11,16-18H2,1-2H3,(H,28,31)/t20-/m0/s1. The maximum absolute atomic E-state index is 13.2. The fraction of sp³-hybridized carbons (Fsp3) is 0.462. The van der Waals surface area contributed by atoms with Crippen molar-refractivity contribution >= 4 is 35.2 Å². The summed E-state index contributed by atoms with van der Waals surface area (Å²) in [6, 6.07) is 15.4. The normalized spacial score (nSPS) is 15.2. The molecule has 2 amide bonds. The molecule has 6 heteroatoms. The first-order valence-electron chi connectivity index (χ1n) is 11.4. The third-order valence-electron chi connectivity index (χ3n) is 6.13. The van der Waals surface area contributed by atoms with Gasteiger partial charge in [0.1, 0.15) is 6.04 Å². The van der Waals surface area contributed by atoms with Crippen LogP contribution >= 0.6 is 23.4 Å². The average molecular weight is 473 g/mol. The third kappa shape index (κ3) is 7.28. The molecule has 1 saturated carbocycles. The molecule has 1 aliphatic carbocycles. The number of benzene rings is 2. The lowest BCUT2D eigenvalue weighted by Crippen LogP contribution is -2.50. The molecule has 0 aromatic heterocycles. The molecule has 2 aromatic carbocycles. The van der Waals surface area contributed by atoms with Crippen LogP contribution in [0.1, 0.15) is 55.7 Å². The summed E-state index contributed by atoms with van der Waals surface area (Å²) in [4.78, 5) is 27.9. The van der Waals surface area contributed by atoms with E-state index in [0.29, 0.717) is 17.3 Å². The van der Waals surface area contributed by atoms with E-state index in [9.17, 15) is 9.59 Å². The van der Waals surface area contributed by atoms with Gasteiger partial charge in [-0.15, -0.1) is 11.8 Å². The van der Waals surface area contributed by atoms with E-state index in [1.807, 2.05) is 43.3 Å². The van der Waals surface area contributed by atoms with E-state index in [1.165, 1.54) is 17.5 Å². The van der Waals surface area contributed by atoms with Crippen LogP contribution in [0.4, 0.5) is 0 Å². The van der Waals surface area contributed by atoms with Crippen LogP contribution in [0.15, 0.2) is 48.5 Å². The van der Waals surface area contributed by atoms with Gasteiger partial charge in [-0.1, -0.05) is 67.3 Å². The topological polar surface area (TPSA) is 49.4 Å². The van der Waals surface area contributed by atoms with Gasteiger partial charge in [-0.3, -0.25) is 9.59 Å². The van der Waals surface area contributed by atoms with Crippen molar-refractivity contribution in [1.82, 2.24) is 10.2 Å². The smallest absolute Gasteiger partial charge is 0.242 e. The van der Waals surface area contributed by atoms with Crippen LogP contribution in [0.25, 0.3) is 0 Å².